The van der Waals surface area contributed by atoms with Gasteiger partial charge in [0.25, 0.3) is 0 Å². The van der Waals surface area contributed by atoms with E-state index in [1.807, 2.05) is 9.47 Å². The Morgan fingerprint density at radius 2 is 1.93 bits per heavy atom. The van der Waals surface area contributed by atoms with Crippen molar-refractivity contribution in [1.82, 2.24) is 9.88 Å². The van der Waals surface area contributed by atoms with Crippen molar-refractivity contribution >= 4 is 28.2 Å². The lowest BCUT2D eigenvalue weighted by Crippen LogP contribution is -2.51. The van der Waals surface area contributed by atoms with Crippen molar-refractivity contribution in [2.75, 3.05) is 18.0 Å². The number of fused-ring (bicyclic) bond motifs is 3. The van der Waals surface area contributed by atoms with Crippen molar-refractivity contribution in [3.63, 3.8) is 0 Å². The number of aromatic nitrogens is 1. The molecule has 2 aromatic rings. The zero-order valence-corrected chi connectivity index (χ0v) is 15.8. The first-order chi connectivity index (χ1) is 13.0. The van der Waals surface area contributed by atoms with Gasteiger partial charge in [-0.15, -0.1) is 0 Å². The Bertz CT molecular complexity index is 1060. The number of hydrogen-bond acceptors (Lipinski definition) is 4. The van der Waals surface area contributed by atoms with Gasteiger partial charge < -0.3 is 14.8 Å². The molecule has 2 saturated heterocycles. The molecule has 0 spiro atoms. The number of nitriles is 1. The van der Waals surface area contributed by atoms with Gasteiger partial charge >= 0.3 is 0 Å². The van der Waals surface area contributed by atoms with Crippen LogP contribution in [0.4, 0.5) is 10.1 Å². The van der Waals surface area contributed by atoms with Crippen molar-refractivity contribution in [2.24, 2.45) is 0 Å². The van der Waals surface area contributed by atoms with Gasteiger partial charge in [-0.1, -0.05) is 11.6 Å². The second-order valence-corrected chi connectivity index (χ2v) is 8.39. The molecule has 3 fully saturated rings. The van der Waals surface area contributed by atoms with E-state index in [2.05, 4.69) is 11.4 Å². The minimum atomic E-state index is -0.646. The topological polar surface area (TPSA) is 61.1 Å². The Kier molecular flexibility index (Phi) is 3.75. The highest BCUT2D eigenvalue weighted by Gasteiger charge is 2.37. The maximum Gasteiger partial charge on any atom is 0.193 e. The van der Waals surface area contributed by atoms with Crippen molar-refractivity contribution < 1.29 is 4.39 Å². The van der Waals surface area contributed by atoms with E-state index in [0.29, 0.717) is 36.3 Å². The van der Waals surface area contributed by atoms with E-state index < -0.39 is 5.82 Å². The van der Waals surface area contributed by atoms with Gasteiger partial charge in [0.1, 0.15) is 11.6 Å². The van der Waals surface area contributed by atoms with Crippen LogP contribution in [0.15, 0.2) is 11.0 Å². The molecule has 5 nitrogen and oxygen atoms in total. The summed E-state index contributed by atoms with van der Waals surface area (Å²) in [4.78, 5) is 14.7. The summed E-state index contributed by atoms with van der Waals surface area (Å²) >= 11 is 6.40. The van der Waals surface area contributed by atoms with Gasteiger partial charge in [0, 0.05) is 43.0 Å². The monoisotopic (exact) mass is 386 g/mol. The number of pyridine rings is 1. The number of halogens is 2. The van der Waals surface area contributed by atoms with Crippen LogP contribution in [0.5, 0.6) is 0 Å². The highest BCUT2D eigenvalue weighted by Crippen LogP contribution is 2.43. The fourth-order valence-corrected chi connectivity index (χ4v) is 4.95. The second-order valence-electron chi connectivity index (χ2n) is 8.01. The van der Waals surface area contributed by atoms with E-state index in [0.717, 1.165) is 25.7 Å². The molecule has 1 aliphatic carbocycles. The van der Waals surface area contributed by atoms with E-state index in [1.54, 1.807) is 13.1 Å². The third-order valence-electron chi connectivity index (χ3n) is 6.09. The number of piperazine rings is 1. The normalized spacial score (nSPS) is 24.4. The summed E-state index contributed by atoms with van der Waals surface area (Å²) in [5.41, 5.74) is 1.20. The van der Waals surface area contributed by atoms with Crippen LogP contribution in [-0.2, 0) is 0 Å². The number of hydrogen-bond donors (Lipinski definition) is 1. The molecule has 2 atom stereocenters. The summed E-state index contributed by atoms with van der Waals surface area (Å²) in [6, 6.07) is 3.04. The zero-order valence-electron chi connectivity index (χ0n) is 15.1. The van der Waals surface area contributed by atoms with Crippen molar-refractivity contribution in [1.29, 1.82) is 5.26 Å². The van der Waals surface area contributed by atoms with Crippen molar-refractivity contribution in [3.8, 4) is 6.07 Å². The van der Waals surface area contributed by atoms with Gasteiger partial charge in [0.15, 0.2) is 11.2 Å². The summed E-state index contributed by atoms with van der Waals surface area (Å²) in [6.07, 6.45) is 5.88. The third-order valence-corrected chi connectivity index (χ3v) is 6.45. The lowest BCUT2D eigenvalue weighted by Gasteiger charge is -2.35. The fourth-order valence-electron chi connectivity index (χ4n) is 4.68. The number of anilines is 1. The van der Waals surface area contributed by atoms with Crippen LogP contribution in [-0.4, -0.2) is 29.7 Å². The van der Waals surface area contributed by atoms with Crippen LogP contribution in [0.25, 0.3) is 10.9 Å². The van der Waals surface area contributed by atoms with Crippen molar-refractivity contribution in [3.05, 3.63) is 38.4 Å². The van der Waals surface area contributed by atoms with E-state index in [4.69, 9.17) is 11.6 Å². The number of benzene rings is 1. The summed E-state index contributed by atoms with van der Waals surface area (Å²) in [5, 5.41) is 13.5. The molecule has 1 aromatic carbocycles. The van der Waals surface area contributed by atoms with Crippen LogP contribution < -0.4 is 15.6 Å². The Morgan fingerprint density at radius 1 is 1.26 bits per heavy atom. The molecule has 2 aliphatic heterocycles. The Hall–Kier alpha value is -2.10. The molecule has 5 rings (SSSR count). The second kappa shape index (κ2) is 5.95. The van der Waals surface area contributed by atoms with Crippen LogP contribution in [0, 0.1) is 24.1 Å². The summed E-state index contributed by atoms with van der Waals surface area (Å²) in [5.74, 6) is -0.646. The average Bonchev–Trinajstić information content (AvgIpc) is 3.44. The van der Waals surface area contributed by atoms with Crippen LogP contribution >= 0.6 is 11.6 Å². The largest absolute Gasteiger partial charge is 0.365 e. The Labute approximate surface area is 161 Å². The minimum Gasteiger partial charge on any atom is -0.365 e. The molecule has 3 heterocycles. The third kappa shape index (κ3) is 2.49. The first-order valence-corrected chi connectivity index (χ1v) is 9.85. The van der Waals surface area contributed by atoms with Gasteiger partial charge in [0.05, 0.1) is 21.6 Å². The van der Waals surface area contributed by atoms with E-state index >= 15 is 4.39 Å². The fraction of sp³-hybridized carbons (Fsp3) is 0.500. The Morgan fingerprint density at radius 3 is 2.52 bits per heavy atom. The number of aryl methyl sites for hydroxylation is 1. The van der Waals surface area contributed by atoms with Gasteiger partial charge in [-0.25, -0.2) is 4.39 Å². The molecular formula is C20H20ClFN4O. The van der Waals surface area contributed by atoms with Gasteiger partial charge in [-0.3, -0.25) is 4.79 Å². The van der Waals surface area contributed by atoms with Crippen LogP contribution in [0.3, 0.4) is 0 Å². The van der Waals surface area contributed by atoms with Gasteiger partial charge in [-0.05, 0) is 32.6 Å². The molecule has 2 unspecified atom stereocenters. The Balaban J connectivity index is 1.83. The maximum absolute atomic E-state index is 15.4. The molecule has 140 valence electrons. The number of nitrogens with one attached hydrogen (secondary N) is 1. The maximum atomic E-state index is 15.4. The van der Waals surface area contributed by atoms with Gasteiger partial charge in [-0.2, -0.15) is 5.26 Å². The quantitative estimate of drug-likeness (QED) is 0.860. The lowest BCUT2D eigenvalue weighted by atomic mass is 10.0. The smallest absolute Gasteiger partial charge is 0.193 e. The molecule has 7 heteroatoms. The van der Waals surface area contributed by atoms with E-state index in [9.17, 15) is 10.1 Å². The van der Waals surface area contributed by atoms with E-state index in [-0.39, 0.29) is 33.1 Å². The highest BCUT2D eigenvalue weighted by molar-refractivity contribution is 6.36. The van der Waals surface area contributed by atoms with Crippen LogP contribution in [0.1, 0.15) is 42.9 Å². The molecule has 3 aliphatic rings. The summed E-state index contributed by atoms with van der Waals surface area (Å²) < 4.78 is 17.4. The van der Waals surface area contributed by atoms with Gasteiger partial charge in [0.2, 0.25) is 0 Å². The average molecular weight is 387 g/mol. The van der Waals surface area contributed by atoms with Crippen LogP contribution in [0.2, 0.25) is 5.02 Å². The molecule has 1 saturated carbocycles. The molecule has 1 N–H and O–H groups in total. The van der Waals surface area contributed by atoms with E-state index in [1.165, 1.54) is 0 Å². The molecule has 27 heavy (non-hydrogen) atoms. The molecular weight excluding hydrogens is 367 g/mol. The highest BCUT2D eigenvalue weighted by atomic mass is 35.5. The number of rotatable bonds is 2. The molecule has 1 aromatic heterocycles. The lowest BCUT2D eigenvalue weighted by molar-refractivity contribution is 0.460. The SMILES string of the molecule is Cc1cn(C2CC2)c2c(C#N)c(N3CC4CCC(C3)N4)c(F)c(Cl)c2c1=O. The predicted octanol–water partition coefficient (Wildman–Crippen LogP) is 3.25. The molecule has 0 amide bonds. The summed E-state index contributed by atoms with van der Waals surface area (Å²) in [7, 11) is 0. The minimum absolute atomic E-state index is 0.138. The first kappa shape index (κ1) is 17.0. The zero-order chi connectivity index (χ0) is 18.9. The number of nitrogens with zero attached hydrogens (tertiary/aromatic N) is 3. The summed E-state index contributed by atoms with van der Waals surface area (Å²) in [6.45, 7) is 3.00. The molecule has 2 bridgehead atoms. The predicted molar refractivity (Wildman–Crippen MR) is 103 cm³/mol. The standard InChI is InChI=1S/C20H20ClFN4O/c1-10-7-26(13-4-5-13)18-14(6-23)19(17(22)16(21)15(18)20(10)27)25-8-11-2-3-12(9-25)24-11/h7,11-13,24H,2-5,8-9H2,1H3. The molecule has 0 radical (unpaired) electrons. The van der Waals surface area contributed by atoms with Crippen molar-refractivity contribution in [2.45, 2.75) is 50.7 Å². The first-order valence-electron chi connectivity index (χ1n) is 9.47.